The van der Waals surface area contributed by atoms with Crippen LogP contribution in [0.15, 0.2) is 54.6 Å². The number of benzene rings is 2. The molecular formula is C17H16O3. The fourth-order valence-corrected chi connectivity index (χ4v) is 1.99. The zero-order valence-electron chi connectivity index (χ0n) is 11.2. The molecule has 1 N–H and O–H groups in total. The molecule has 1 atom stereocenters. The first-order chi connectivity index (χ1) is 9.58. The average molecular weight is 268 g/mol. The molecule has 2 rings (SSSR count). The summed E-state index contributed by atoms with van der Waals surface area (Å²) >= 11 is 0. The molecule has 0 bridgehead atoms. The lowest BCUT2D eigenvalue weighted by molar-refractivity contribution is -0.141. The van der Waals surface area contributed by atoms with Crippen LogP contribution in [-0.4, -0.2) is 16.9 Å². The number of carbonyl (C=O) groups is 2. The molecule has 0 aliphatic carbocycles. The Morgan fingerprint density at radius 3 is 2.05 bits per heavy atom. The smallest absolute Gasteiger partial charge is 0.306 e. The molecule has 0 fully saturated rings. The molecule has 0 heterocycles. The van der Waals surface area contributed by atoms with E-state index in [1.54, 1.807) is 31.2 Å². The molecule has 0 saturated heterocycles. The molecule has 0 aliphatic rings. The first kappa shape index (κ1) is 14.0. The van der Waals surface area contributed by atoms with Crippen molar-refractivity contribution in [2.75, 3.05) is 0 Å². The van der Waals surface area contributed by atoms with Crippen LogP contribution in [0, 0.1) is 5.92 Å². The second-order valence-corrected chi connectivity index (χ2v) is 4.84. The van der Waals surface area contributed by atoms with Gasteiger partial charge >= 0.3 is 5.97 Å². The molecule has 102 valence electrons. The summed E-state index contributed by atoms with van der Waals surface area (Å²) in [5.41, 5.74) is 2.19. The quantitative estimate of drug-likeness (QED) is 0.847. The normalized spacial score (nSPS) is 11.8. The monoisotopic (exact) mass is 268 g/mol. The Labute approximate surface area is 117 Å². The van der Waals surface area contributed by atoms with Crippen molar-refractivity contribution < 1.29 is 14.7 Å². The highest BCUT2D eigenvalue weighted by Gasteiger charge is 2.12. The van der Waals surface area contributed by atoms with Gasteiger partial charge in [0.05, 0.1) is 5.92 Å². The van der Waals surface area contributed by atoms with Crippen molar-refractivity contribution >= 4 is 11.8 Å². The summed E-state index contributed by atoms with van der Waals surface area (Å²) in [6, 6.07) is 16.2. The van der Waals surface area contributed by atoms with E-state index in [0.29, 0.717) is 17.5 Å². The number of hydrogen-bond acceptors (Lipinski definition) is 2. The van der Waals surface area contributed by atoms with Gasteiger partial charge in [0, 0.05) is 11.1 Å². The number of carbonyl (C=O) groups excluding carboxylic acids is 1. The molecule has 3 nitrogen and oxygen atoms in total. The molecule has 0 saturated carbocycles. The Bertz CT molecular complexity index is 600. The number of hydrogen-bond donors (Lipinski definition) is 1. The van der Waals surface area contributed by atoms with E-state index in [0.717, 1.165) is 5.56 Å². The van der Waals surface area contributed by atoms with E-state index < -0.39 is 11.9 Å². The topological polar surface area (TPSA) is 54.4 Å². The fourth-order valence-electron chi connectivity index (χ4n) is 1.99. The minimum absolute atomic E-state index is 0.0246. The van der Waals surface area contributed by atoms with Gasteiger partial charge in [0.2, 0.25) is 0 Å². The maximum Gasteiger partial charge on any atom is 0.306 e. The maximum absolute atomic E-state index is 12.2. The molecule has 0 aromatic heterocycles. The summed E-state index contributed by atoms with van der Waals surface area (Å²) in [5, 5.41) is 8.88. The van der Waals surface area contributed by atoms with Gasteiger partial charge in [-0.1, -0.05) is 61.5 Å². The summed E-state index contributed by atoms with van der Waals surface area (Å²) in [6.45, 7) is 1.67. The molecule has 0 amide bonds. The lowest BCUT2D eigenvalue weighted by atomic mass is 9.98. The summed E-state index contributed by atoms with van der Waals surface area (Å²) in [6.07, 6.45) is 0.467. The Kier molecular flexibility index (Phi) is 4.31. The Hall–Kier alpha value is -2.42. The zero-order valence-corrected chi connectivity index (χ0v) is 11.2. The van der Waals surface area contributed by atoms with Crippen molar-refractivity contribution in [3.63, 3.8) is 0 Å². The van der Waals surface area contributed by atoms with Crippen molar-refractivity contribution in [1.82, 2.24) is 0 Å². The van der Waals surface area contributed by atoms with Gasteiger partial charge < -0.3 is 5.11 Å². The van der Waals surface area contributed by atoms with Crippen LogP contribution in [0.1, 0.15) is 28.4 Å². The minimum Gasteiger partial charge on any atom is -0.481 e. The van der Waals surface area contributed by atoms with Crippen molar-refractivity contribution in [2.45, 2.75) is 13.3 Å². The molecular weight excluding hydrogens is 252 g/mol. The van der Waals surface area contributed by atoms with Crippen molar-refractivity contribution in [2.24, 2.45) is 5.92 Å². The highest BCUT2D eigenvalue weighted by atomic mass is 16.4. The van der Waals surface area contributed by atoms with Gasteiger partial charge in [-0.3, -0.25) is 9.59 Å². The van der Waals surface area contributed by atoms with Crippen LogP contribution < -0.4 is 0 Å². The van der Waals surface area contributed by atoms with Gasteiger partial charge in [0.15, 0.2) is 5.78 Å². The van der Waals surface area contributed by atoms with Crippen LogP contribution >= 0.6 is 0 Å². The number of ketones is 1. The van der Waals surface area contributed by atoms with E-state index in [9.17, 15) is 9.59 Å². The van der Waals surface area contributed by atoms with E-state index in [-0.39, 0.29) is 5.78 Å². The number of aliphatic carboxylic acids is 1. The van der Waals surface area contributed by atoms with Gasteiger partial charge in [-0.2, -0.15) is 0 Å². The second-order valence-electron chi connectivity index (χ2n) is 4.84. The molecule has 0 radical (unpaired) electrons. The predicted octanol–water partition coefficient (Wildman–Crippen LogP) is 3.18. The average Bonchev–Trinajstić information content (AvgIpc) is 2.48. The van der Waals surface area contributed by atoms with Gasteiger partial charge in [-0.05, 0) is 12.0 Å². The van der Waals surface area contributed by atoms with Crippen LogP contribution in [0.2, 0.25) is 0 Å². The summed E-state index contributed by atoms with van der Waals surface area (Å²) in [5.74, 6) is -1.26. The SMILES string of the molecule is C[C@@H](Cc1ccc(C(=O)c2ccccc2)cc1)C(=O)O. The molecule has 2 aromatic carbocycles. The highest BCUT2D eigenvalue weighted by molar-refractivity contribution is 6.08. The van der Waals surface area contributed by atoms with E-state index >= 15 is 0 Å². The molecule has 0 spiro atoms. The third-order valence-electron chi connectivity index (χ3n) is 3.22. The number of carboxylic acid groups (broad SMARTS) is 1. The Morgan fingerprint density at radius 2 is 1.50 bits per heavy atom. The lowest BCUT2D eigenvalue weighted by Crippen LogP contribution is -2.12. The molecule has 2 aromatic rings. The summed E-state index contributed by atoms with van der Waals surface area (Å²) in [4.78, 5) is 23.0. The zero-order chi connectivity index (χ0) is 14.5. The molecule has 20 heavy (non-hydrogen) atoms. The van der Waals surface area contributed by atoms with E-state index in [1.165, 1.54) is 0 Å². The molecule has 0 aliphatic heterocycles. The van der Waals surface area contributed by atoms with E-state index in [2.05, 4.69) is 0 Å². The first-order valence-electron chi connectivity index (χ1n) is 6.49. The number of rotatable bonds is 5. The third kappa shape index (κ3) is 3.32. The van der Waals surface area contributed by atoms with E-state index in [1.807, 2.05) is 30.3 Å². The van der Waals surface area contributed by atoms with Crippen LogP contribution in [-0.2, 0) is 11.2 Å². The second kappa shape index (κ2) is 6.15. The largest absolute Gasteiger partial charge is 0.481 e. The summed E-state index contributed by atoms with van der Waals surface area (Å²) < 4.78 is 0. The van der Waals surface area contributed by atoms with Gasteiger partial charge in [0.25, 0.3) is 0 Å². The number of carboxylic acids is 1. The molecule has 3 heteroatoms. The van der Waals surface area contributed by atoms with Crippen molar-refractivity contribution in [3.8, 4) is 0 Å². The highest BCUT2D eigenvalue weighted by Crippen LogP contribution is 2.13. The van der Waals surface area contributed by atoms with Crippen LogP contribution in [0.25, 0.3) is 0 Å². The summed E-state index contributed by atoms with van der Waals surface area (Å²) in [7, 11) is 0. The van der Waals surface area contributed by atoms with Gasteiger partial charge in [-0.25, -0.2) is 0 Å². The first-order valence-corrected chi connectivity index (χ1v) is 6.49. The maximum atomic E-state index is 12.2. The van der Waals surface area contributed by atoms with Crippen LogP contribution in [0.4, 0.5) is 0 Å². The standard InChI is InChI=1S/C17H16O3/c1-12(17(19)20)11-13-7-9-15(10-8-13)16(18)14-5-3-2-4-6-14/h2-10,12H,11H2,1H3,(H,19,20)/t12-/m0/s1. The third-order valence-corrected chi connectivity index (χ3v) is 3.22. The van der Waals surface area contributed by atoms with Crippen molar-refractivity contribution in [1.29, 1.82) is 0 Å². The van der Waals surface area contributed by atoms with Gasteiger partial charge in [-0.15, -0.1) is 0 Å². The Balaban J connectivity index is 2.12. The van der Waals surface area contributed by atoms with Crippen LogP contribution in [0.5, 0.6) is 0 Å². The van der Waals surface area contributed by atoms with Crippen molar-refractivity contribution in [3.05, 3.63) is 71.3 Å². The fraction of sp³-hybridized carbons (Fsp3) is 0.176. The minimum atomic E-state index is -0.811. The van der Waals surface area contributed by atoms with Crippen LogP contribution in [0.3, 0.4) is 0 Å². The molecule has 0 unspecified atom stereocenters. The Morgan fingerprint density at radius 1 is 0.950 bits per heavy atom. The predicted molar refractivity (Wildman–Crippen MR) is 76.8 cm³/mol. The van der Waals surface area contributed by atoms with E-state index in [4.69, 9.17) is 5.11 Å². The van der Waals surface area contributed by atoms with Gasteiger partial charge in [0.1, 0.15) is 0 Å². The lowest BCUT2D eigenvalue weighted by Gasteiger charge is -2.07.